The third-order valence-corrected chi connectivity index (χ3v) is 3.64. The molecule has 0 saturated carbocycles. The summed E-state index contributed by atoms with van der Waals surface area (Å²) in [6, 6.07) is 0. The van der Waals surface area contributed by atoms with Crippen LogP contribution in [0, 0.1) is 20.8 Å². The number of anilines is 1. The van der Waals surface area contributed by atoms with E-state index in [4.69, 9.17) is 0 Å². The highest BCUT2D eigenvalue weighted by Gasteiger charge is 2.12. The SMILES string of the molecule is Cc1nc(NCC(=O)[O-])c2c(C)c(C)sc2n1. The molecule has 0 spiro atoms. The van der Waals surface area contributed by atoms with Crippen molar-refractivity contribution in [3.05, 3.63) is 16.3 Å². The second-order valence-electron chi connectivity index (χ2n) is 3.81. The van der Waals surface area contributed by atoms with Gasteiger partial charge in [0.15, 0.2) is 0 Å². The molecule has 0 unspecified atom stereocenters. The number of fused-ring (bicyclic) bond motifs is 1. The maximum atomic E-state index is 10.5. The van der Waals surface area contributed by atoms with Gasteiger partial charge in [0, 0.05) is 4.88 Å². The number of aliphatic carboxylic acids is 1. The zero-order valence-electron chi connectivity index (χ0n) is 9.83. The molecule has 0 aromatic carbocycles. The van der Waals surface area contributed by atoms with E-state index in [0.717, 1.165) is 20.7 Å². The quantitative estimate of drug-likeness (QED) is 0.871. The van der Waals surface area contributed by atoms with Crippen LogP contribution in [0.1, 0.15) is 16.3 Å². The second-order valence-corrected chi connectivity index (χ2v) is 5.01. The van der Waals surface area contributed by atoms with Crippen molar-refractivity contribution in [1.29, 1.82) is 0 Å². The molecule has 5 nitrogen and oxygen atoms in total. The maximum Gasteiger partial charge on any atom is 0.139 e. The average Bonchev–Trinajstić information content (AvgIpc) is 2.51. The molecule has 0 amide bonds. The molecule has 2 aromatic rings. The summed E-state index contributed by atoms with van der Waals surface area (Å²) in [5, 5.41) is 14.1. The number of aromatic nitrogens is 2. The lowest BCUT2D eigenvalue weighted by molar-refractivity contribution is -0.302. The van der Waals surface area contributed by atoms with Gasteiger partial charge in [-0.1, -0.05) is 0 Å². The summed E-state index contributed by atoms with van der Waals surface area (Å²) in [6.07, 6.45) is 0. The van der Waals surface area contributed by atoms with Crippen LogP contribution in [0.15, 0.2) is 0 Å². The number of thiophene rings is 1. The molecule has 0 aliphatic carbocycles. The van der Waals surface area contributed by atoms with Crippen LogP contribution in [-0.2, 0) is 4.79 Å². The van der Waals surface area contributed by atoms with Gasteiger partial charge in [0.05, 0.1) is 17.9 Å². The van der Waals surface area contributed by atoms with Gasteiger partial charge in [0.25, 0.3) is 0 Å². The first kappa shape index (κ1) is 11.8. The number of aryl methyl sites for hydroxylation is 3. The van der Waals surface area contributed by atoms with E-state index >= 15 is 0 Å². The molecule has 2 heterocycles. The van der Waals surface area contributed by atoms with E-state index in [1.165, 1.54) is 0 Å². The predicted octanol–water partition coefficient (Wildman–Crippen LogP) is 0.778. The molecule has 0 aliphatic rings. The van der Waals surface area contributed by atoms with Gasteiger partial charge in [-0.3, -0.25) is 0 Å². The Morgan fingerprint density at radius 2 is 2.06 bits per heavy atom. The summed E-state index contributed by atoms with van der Waals surface area (Å²) < 4.78 is 0. The molecular weight excluding hydrogens is 238 g/mol. The zero-order chi connectivity index (χ0) is 12.6. The van der Waals surface area contributed by atoms with Crippen molar-refractivity contribution >= 4 is 33.3 Å². The first-order valence-corrected chi connectivity index (χ1v) is 5.98. The van der Waals surface area contributed by atoms with Crippen molar-refractivity contribution in [3.8, 4) is 0 Å². The lowest BCUT2D eigenvalue weighted by Gasteiger charge is -2.08. The van der Waals surface area contributed by atoms with Gasteiger partial charge in [-0.25, -0.2) is 9.97 Å². The molecule has 0 bridgehead atoms. The highest BCUT2D eigenvalue weighted by Crippen LogP contribution is 2.32. The Morgan fingerprint density at radius 1 is 1.35 bits per heavy atom. The van der Waals surface area contributed by atoms with Crippen molar-refractivity contribution in [3.63, 3.8) is 0 Å². The Labute approximate surface area is 103 Å². The summed E-state index contributed by atoms with van der Waals surface area (Å²) in [5.74, 6) is 0.0390. The highest BCUT2D eigenvalue weighted by molar-refractivity contribution is 7.18. The predicted molar refractivity (Wildman–Crippen MR) is 65.1 cm³/mol. The molecule has 17 heavy (non-hydrogen) atoms. The summed E-state index contributed by atoms with van der Waals surface area (Å²) >= 11 is 1.59. The summed E-state index contributed by atoms with van der Waals surface area (Å²) in [6.45, 7) is 5.53. The molecule has 0 atom stereocenters. The molecule has 2 rings (SSSR count). The molecule has 0 radical (unpaired) electrons. The topological polar surface area (TPSA) is 77.9 Å². The van der Waals surface area contributed by atoms with E-state index in [2.05, 4.69) is 15.3 Å². The van der Waals surface area contributed by atoms with Gasteiger partial charge < -0.3 is 15.2 Å². The number of carbonyl (C=O) groups excluding carboxylic acids is 1. The number of carboxylic acid groups (broad SMARTS) is 1. The van der Waals surface area contributed by atoms with Crippen LogP contribution in [0.5, 0.6) is 0 Å². The fraction of sp³-hybridized carbons (Fsp3) is 0.364. The van der Waals surface area contributed by atoms with Crippen LogP contribution < -0.4 is 10.4 Å². The first-order valence-electron chi connectivity index (χ1n) is 5.17. The molecule has 2 aromatic heterocycles. The molecule has 90 valence electrons. The summed E-state index contributed by atoms with van der Waals surface area (Å²) in [4.78, 5) is 21.1. The number of hydrogen-bond donors (Lipinski definition) is 1. The van der Waals surface area contributed by atoms with Gasteiger partial charge in [-0.2, -0.15) is 0 Å². The smallest absolute Gasteiger partial charge is 0.139 e. The zero-order valence-corrected chi connectivity index (χ0v) is 10.6. The highest BCUT2D eigenvalue weighted by atomic mass is 32.1. The Morgan fingerprint density at radius 3 is 2.71 bits per heavy atom. The molecule has 0 aliphatic heterocycles. The number of hydrogen-bond acceptors (Lipinski definition) is 6. The fourth-order valence-electron chi connectivity index (χ4n) is 1.64. The van der Waals surface area contributed by atoms with E-state index in [1.54, 1.807) is 18.3 Å². The van der Waals surface area contributed by atoms with E-state index in [0.29, 0.717) is 11.6 Å². The molecular formula is C11H12N3O2S-. The number of carboxylic acids is 1. The third kappa shape index (κ3) is 2.21. The van der Waals surface area contributed by atoms with Gasteiger partial charge in [-0.15, -0.1) is 11.3 Å². The van der Waals surface area contributed by atoms with E-state index < -0.39 is 5.97 Å². The Kier molecular flexibility index (Phi) is 2.97. The lowest BCUT2D eigenvalue weighted by Crippen LogP contribution is -2.30. The third-order valence-electron chi connectivity index (χ3n) is 2.54. The normalized spacial score (nSPS) is 10.8. The van der Waals surface area contributed by atoms with Crippen LogP contribution in [0.4, 0.5) is 5.82 Å². The van der Waals surface area contributed by atoms with Crippen molar-refractivity contribution in [2.75, 3.05) is 11.9 Å². The largest absolute Gasteiger partial charge is 0.548 e. The minimum Gasteiger partial charge on any atom is -0.548 e. The minimum atomic E-state index is -1.15. The standard InChI is InChI=1S/C11H13N3O2S/c1-5-6(2)17-11-9(5)10(12-4-8(15)16)13-7(3)14-11/h4H2,1-3H3,(H,15,16)(H,12,13,14)/p-1. The first-order chi connectivity index (χ1) is 7.99. The average molecular weight is 250 g/mol. The van der Waals surface area contributed by atoms with Crippen molar-refractivity contribution in [1.82, 2.24) is 9.97 Å². The molecule has 0 fully saturated rings. The minimum absolute atomic E-state index is 0.250. The maximum absolute atomic E-state index is 10.5. The second kappa shape index (κ2) is 4.29. The monoisotopic (exact) mass is 250 g/mol. The van der Waals surface area contributed by atoms with Gasteiger partial charge in [0.1, 0.15) is 16.5 Å². The molecule has 6 heteroatoms. The van der Waals surface area contributed by atoms with Crippen LogP contribution in [0.3, 0.4) is 0 Å². The molecule has 0 saturated heterocycles. The van der Waals surface area contributed by atoms with Crippen molar-refractivity contribution in [2.24, 2.45) is 0 Å². The Bertz CT molecular complexity index is 592. The van der Waals surface area contributed by atoms with Crippen LogP contribution in [0.2, 0.25) is 0 Å². The number of rotatable bonds is 3. The number of nitrogens with zero attached hydrogens (tertiary/aromatic N) is 2. The van der Waals surface area contributed by atoms with Crippen LogP contribution in [-0.4, -0.2) is 22.5 Å². The number of nitrogens with one attached hydrogen (secondary N) is 1. The van der Waals surface area contributed by atoms with Gasteiger partial charge >= 0.3 is 0 Å². The lowest BCUT2D eigenvalue weighted by atomic mass is 10.2. The van der Waals surface area contributed by atoms with Crippen molar-refractivity contribution < 1.29 is 9.90 Å². The van der Waals surface area contributed by atoms with Gasteiger partial charge in [-0.05, 0) is 26.3 Å². The van der Waals surface area contributed by atoms with Crippen molar-refractivity contribution in [2.45, 2.75) is 20.8 Å². The summed E-state index contributed by atoms with van der Waals surface area (Å²) in [7, 11) is 0. The van der Waals surface area contributed by atoms with Gasteiger partial charge in [0.2, 0.25) is 0 Å². The number of carbonyl (C=O) groups is 1. The van der Waals surface area contributed by atoms with E-state index in [9.17, 15) is 9.90 Å². The Hall–Kier alpha value is -1.69. The van der Waals surface area contributed by atoms with Crippen LogP contribution in [0.25, 0.3) is 10.2 Å². The fourth-order valence-corrected chi connectivity index (χ4v) is 2.71. The molecule has 1 N–H and O–H groups in total. The van der Waals surface area contributed by atoms with E-state index in [1.807, 2.05) is 13.8 Å². The summed E-state index contributed by atoms with van der Waals surface area (Å²) in [5.41, 5.74) is 1.09. The Balaban J connectivity index is 2.55. The van der Waals surface area contributed by atoms with E-state index in [-0.39, 0.29) is 6.54 Å². The van der Waals surface area contributed by atoms with Crippen LogP contribution >= 0.6 is 11.3 Å².